The third kappa shape index (κ3) is 2.74. The van der Waals surface area contributed by atoms with Crippen LogP contribution in [0.5, 0.6) is 0 Å². The van der Waals surface area contributed by atoms with E-state index in [-0.39, 0.29) is 17.0 Å². The van der Waals surface area contributed by atoms with E-state index in [1.807, 2.05) is 20.8 Å². The van der Waals surface area contributed by atoms with Crippen LogP contribution in [0.4, 0.5) is 0 Å². The molecule has 92 valence electrons. The van der Waals surface area contributed by atoms with E-state index in [0.717, 1.165) is 19.0 Å². The van der Waals surface area contributed by atoms with Gasteiger partial charge in [-0.1, -0.05) is 0 Å². The average Bonchev–Trinajstić information content (AvgIpc) is 2.78. The number of likely N-dealkylation sites (tertiary alicyclic amines) is 1. The Morgan fingerprint density at radius 2 is 2.00 bits per heavy atom. The summed E-state index contributed by atoms with van der Waals surface area (Å²) in [5, 5.41) is 2.97. The van der Waals surface area contributed by atoms with E-state index in [0.29, 0.717) is 6.54 Å². The Balaban J connectivity index is 1.71. The van der Waals surface area contributed by atoms with E-state index < -0.39 is 0 Å². The van der Waals surface area contributed by atoms with E-state index in [1.54, 1.807) is 0 Å². The lowest BCUT2D eigenvalue weighted by Gasteiger charge is -2.48. The maximum atomic E-state index is 11.7. The van der Waals surface area contributed by atoms with Gasteiger partial charge in [0.25, 0.3) is 0 Å². The quantitative estimate of drug-likeness (QED) is 0.727. The van der Waals surface area contributed by atoms with Crippen LogP contribution in [0, 0.1) is 5.92 Å². The van der Waals surface area contributed by atoms with Crippen LogP contribution < -0.4 is 11.1 Å². The van der Waals surface area contributed by atoms with Gasteiger partial charge in [-0.3, -0.25) is 9.69 Å². The summed E-state index contributed by atoms with van der Waals surface area (Å²) in [7, 11) is 0. The van der Waals surface area contributed by atoms with E-state index >= 15 is 0 Å². The lowest BCUT2D eigenvalue weighted by Crippen LogP contribution is -2.69. The molecule has 1 heterocycles. The summed E-state index contributed by atoms with van der Waals surface area (Å²) in [6.45, 7) is 8.25. The molecule has 0 aromatic carbocycles. The van der Waals surface area contributed by atoms with Gasteiger partial charge in [-0.25, -0.2) is 0 Å². The first-order chi connectivity index (χ1) is 7.28. The fraction of sp³-hybridized carbons (Fsp3) is 0.917. The summed E-state index contributed by atoms with van der Waals surface area (Å²) in [5.74, 6) is 0.819. The molecule has 0 spiro atoms. The van der Waals surface area contributed by atoms with Crippen LogP contribution in [-0.4, -0.2) is 41.5 Å². The first-order valence-electron chi connectivity index (χ1n) is 6.11. The van der Waals surface area contributed by atoms with Crippen molar-refractivity contribution in [3.63, 3.8) is 0 Å². The maximum absolute atomic E-state index is 11.7. The minimum Gasteiger partial charge on any atom is -0.350 e. The van der Waals surface area contributed by atoms with Crippen LogP contribution >= 0.6 is 0 Å². The second kappa shape index (κ2) is 3.70. The molecule has 3 N–H and O–H groups in total. The molecule has 0 unspecified atom stereocenters. The number of carbonyl (C=O) groups is 1. The number of carbonyl (C=O) groups excluding carboxylic acids is 1. The molecule has 1 aliphatic carbocycles. The highest BCUT2D eigenvalue weighted by atomic mass is 16.2. The van der Waals surface area contributed by atoms with Crippen LogP contribution in [0.1, 0.15) is 33.6 Å². The minimum atomic E-state index is -0.141. The van der Waals surface area contributed by atoms with Crippen molar-refractivity contribution in [3.8, 4) is 0 Å². The fourth-order valence-corrected chi connectivity index (χ4v) is 2.48. The Kier molecular flexibility index (Phi) is 2.75. The zero-order valence-electron chi connectivity index (χ0n) is 10.5. The average molecular weight is 225 g/mol. The predicted octanol–water partition coefficient (Wildman–Crippen LogP) is 0.324. The van der Waals surface area contributed by atoms with Crippen LogP contribution in [0.3, 0.4) is 0 Å². The van der Waals surface area contributed by atoms with Gasteiger partial charge in [0, 0.05) is 24.2 Å². The molecule has 1 saturated heterocycles. The van der Waals surface area contributed by atoms with Gasteiger partial charge in [0.05, 0.1) is 6.54 Å². The Bertz CT molecular complexity index is 285. The molecule has 4 nitrogen and oxygen atoms in total. The van der Waals surface area contributed by atoms with Crippen molar-refractivity contribution in [1.29, 1.82) is 0 Å². The fourth-order valence-electron chi connectivity index (χ4n) is 2.48. The number of nitrogens with two attached hydrogens (primary N) is 1. The molecular formula is C12H23N3O. The lowest BCUT2D eigenvalue weighted by molar-refractivity contribution is -0.125. The molecule has 4 heteroatoms. The summed E-state index contributed by atoms with van der Waals surface area (Å²) in [4.78, 5) is 13.8. The second-order valence-electron chi connectivity index (χ2n) is 6.45. The summed E-state index contributed by atoms with van der Waals surface area (Å²) < 4.78 is 0. The predicted molar refractivity (Wildman–Crippen MR) is 64.0 cm³/mol. The molecule has 16 heavy (non-hydrogen) atoms. The van der Waals surface area contributed by atoms with Crippen LogP contribution in [0.2, 0.25) is 0 Å². The third-order valence-corrected chi connectivity index (χ3v) is 3.31. The van der Waals surface area contributed by atoms with Gasteiger partial charge in [-0.15, -0.1) is 0 Å². The molecule has 1 amide bonds. The first-order valence-corrected chi connectivity index (χ1v) is 6.11. The van der Waals surface area contributed by atoms with Crippen LogP contribution in [0.25, 0.3) is 0 Å². The van der Waals surface area contributed by atoms with E-state index in [2.05, 4.69) is 10.2 Å². The van der Waals surface area contributed by atoms with Crippen LogP contribution in [0.15, 0.2) is 0 Å². The van der Waals surface area contributed by atoms with Crippen molar-refractivity contribution in [1.82, 2.24) is 10.2 Å². The first kappa shape index (κ1) is 11.9. The van der Waals surface area contributed by atoms with Gasteiger partial charge in [-0.05, 0) is 39.5 Å². The normalized spacial score (nSPS) is 25.0. The molecule has 1 aliphatic heterocycles. The molecule has 1 saturated carbocycles. The number of hydrogen-bond donors (Lipinski definition) is 2. The summed E-state index contributed by atoms with van der Waals surface area (Å²) in [6.07, 6.45) is 2.55. The molecule has 2 fully saturated rings. The van der Waals surface area contributed by atoms with Gasteiger partial charge >= 0.3 is 0 Å². The van der Waals surface area contributed by atoms with Gasteiger partial charge in [-0.2, -0.15) is 0 Å². The van der Waals surface area contributed by atoms with Crippen molar-refractivity contribution in [2.45, 2.75) is 44.7 Å². The van der Waals surface area contributed by atoms with Crippen molar-refractivity contribution in [2.75, 3.05) is 19.6 Å². The molecule has 0 aromatic heterocycles. The molecule has 0 atom stereocenters. The van der Waals surface area contributed by atoms with Crippen molar-refractivity contribution >= 4 is 5.91 Å². The molecule has 0 aromatic rings. The number of hydrogen-bond acceptors (Lipinski definition) is 3. The zero-order chi connectivity index (χ0) is 12.0. The number of nitrogens with one attached hydrogen (secondary N) is 1. The second-order valence-corrected chi connectivity index (χ2v) is 6.45. The Hall–Kier alpha value is -0.610. The Morgan fingerprint density at radius 3 is 2.44 bits per heavy atom. The monoisotopic (exact) mass is 225 g/mol. The highest BCUT2D eigenvalue weighted by molar-refractivity contribution is 5.78. The SMILES string of the molecule is CC(C)(C)NC(=O)CN1CC(N)(C2CC2)C1. The maximum Gasteiger partial charge on any atom is 0.234 e. The van der Waals surface area contributed by atoms with Crippen molar-refractivity contribution in [2.24, 2.45) is 11.7 Å². The Labute approximate surface area is 97.6 Å². The third-order valence-electron chi connectivity index (χ3n) is 3.31. The van der Waals surface area contributed by atoms with Crippen molar-refractivity contribution in [3.05, 3.63) is 0 Å². The number of rotatable bonds is 3. The highest BCUT2D eigenvalue weighted by Crippen LogP contribution is 2.42. The smallest absolute Gasteiger partial charge is 0.234 e. The zero-order valence-corrected chi connectivity index (χ0v) is 10.5. The largest absolute Gasteiger partial charge is 0.350 e. The van der Waals surface area contributed by atoms with E-state index in [1.165, 1.54) is 12.8 Å². The standard InChI is InChI=1S/C12H23N3O/c1-11(2,3)14-10(16)6-15-7-12(13,8-15)9-4-5-9/h9H,4-8,13H2,1-3H3,(H,14,16). The highest BCUT2D eigenvalue weighted by Gasteiger charge is 2.50. The molecular weight excluding hydrogens is 202 g/mol. The van der Waals surface area contributed by atoms with Crippen LogP contribution in [-0.2, 0) is 4.79 Å². The lowest BCUT2D eigenvalue weighted by atomic mass is 9.86. The number of amides is 1. The van der Waals surface area contributed by atoms with E-state index in [4.69, 9.17) is 5.73 Å². The molecule has 0 radical (unpaired) electrons. The van der Waals surface area contributed by atoms with Gasteiger partial charge in [0.1, 0.15) is 0 Å². The molecule has 2 rings (SSSR count). The van der Waals surface area contributed by atoms with Gasteiger partial charge in [0.15, 0.2) is 0 Å². The summed E-state index contributed by atoms with van der Waals surface area (Å²) >= 11 is 0. The van der Waals surface area contributed by atoms with E-state index in [9.17, 15) is 4.79 Å². The van der Waals surface area contributed by atoms with Gasteiger partial charge < -0.3 is 11.1 Å². The Morgan fingerprint density at radius 1 is 1.44 bits per heavy atom. The molecule has 2 aliphatic rings. The van der Waals surface area contributed by atoms with Gasteiger partial charge in [0.2, 0.25) is 5.91 Å². The minimum absolute atomic E-state index is 0.0159. The summed E-state index contributed by atoms with van der Waals surface area (Å²) in [5.41, 5.74) is 6.10. The summed E-state index contributed by atoms with van der Waals surface area (Å²) in [6, 6.07) is 0. The topological polar surface area (TPSA) is 58.4 Å². The molecule has 0 bridgehead atoms. The van der Waals surface area contributed by atoms with Crippen molar-refractivity contribution < 1.29 is 4.79 Å². The number of nitrogens with zero attached hydrogens (tertiary/aromatic N) is 1.